The molecule has 1 saturated heterocycles. The van der Waals surface area contributed by atoms with Crippen LogP contribution in [0.25, 0.3) is 0 Å². The van der Waals surface area contributed by atoms with Crippen LogP contribution >= 0.6 is 0 Å². The second-order valence-corrected chi connectivity index (χ2v) is 3.97. The van der Waals surface area contributed by atoms with E-state index in [1.54, 1.807) is 0 Å². The molecule has 1 aromatic rings. The van der Waals surface area contributed by atoms with Crippen LogP contribution < -0.4 is 10.6 Å². The largest absolute Gasteiger partial charge is 0.471 e. The molecule has 0 spiro atoms. The maximum absolute atomic E-state index is 8.95. The topological polar surface area (TPSA) is 55.6 Å². The maximum atomic E-state index is 8.95. The van der Waals surface area contributed by atoms with Crippen molar-refractivity contribution in [2.24, 2.45) is 0 Å². The molecule has 1 aliphatic rings. The van der Waals surface area contributed by atoms with E-state index in [4.69, 9.17) is 10.5 Å². The number of nitrogens with two attached hydrogens (primary N) is 1. The van der Waals surface area contributed by atoms with Gasteiger partial charge in [-0.15, -0.1) is 0 Å². The molecule has 0 atom stereocenters. The van der Waals surface area contributed by atoms with Gasteiger partial charge in [0.15, 0.2) is 0 Å². The summed E-state index contributed by atoms with van der Waals surface area (Å²) in [6, 6.07) is 8.18. The highest BCUT2D eigenvalue weighted by Gasteiger charge is 2.09. The summed E-state index contributed by atoms with van der Waals surface area (Å²) in [6.45, 7) is 2.77. The standard InChI is InChI=1S/C11H16N2.C2H4O2/c12-10-4-6-11(7-5-10)13-8-2-1-3-9-13;1-4-2-3/h4-7H,1-3,8-9,12H2;2H,1H3. The number of anilines is 2. The monoisotopic (exact) mass is 236 g/mol. The number of nitrogen functional groups attached to an aromatic ring is 1. The van der Waals surface area contributed by atoms with Gasteiger partial charge in [0.05, 0.1) is 7.11 Å². The van der Waals surface area contributed by atoms with Crippen LogP contribution in [-0.4, -0.2) is 26.7 Å². The first kappa shape index (κ1) is 13.4. The summed E-state index contributed by atoms with van der Waals surface area (Å²) in [5.74, 6) is 0. The minimum absolute atomic E-state index is 0.375. The van der Waals surface area contributed by atoms with E-state index in [0.29, 0.717) is 6.47 Å². The Hall–Kier alpha value is -1.71. The second-order valence-electron chi connectivity index (χ2n) is 3.97. The summed E-state index contributed by atoms with van der Waals surface area (Å²) in [5, 5.41) is 0. The minimum Gasteiger partial charge on any atom is -0.471 e. The zero-order chi connectivity index (χ0) is 12.5. The van der Waals surface area contributed by atoms with Crippen molar-refractivity contribution in [1.82, 2.24) is 0 Å². The quantitative estimate of drug-likeness (QED) is 0.630. The Morgan fingerprint density at radius 3 is 2.18 bits per heavy atom. The van der Waals surface area contributed by atoms with Gasteiger partial charge >= 0.3 is 0 Å². The van der Waals surface area contributed by atoms with E-state index in [2.05, 4.69) is 21.8 Å². The third-order valence-electron chi connectivity index (χ3n) is 2.71. The molecule has 1 fully saturated rings. The van der Waals surface area contributed by atoms with Crippen LogP contribution in [0.2, 0.25) is 0 Å². The fraction of sp³-hybridized carbons (Fsp3) is 0.462. The van der Waals surface area contributed by atoms with Crippen molar-refractivity contribution in [1.29, 1.82) is 0 Å². The van der Waals surface area contributed by atoms with Gasteiger partial charge in [-0.2, -0.15) is 0 Å². The highest BCUT2D eigenvalue weighted by atomic mass is 16.5. The number of ether oxygens (including phenoxy) is 1. The minimum atomic E-state index is 0.375. The lowest BCUT2D eigenvalue weighted by Crippen LogP contribution is -2.29. The van der Waals surface area contributed by atoms with Crippen LogP contribution in [0.4, 0.5) is 11.4 Å². The van der Waals surface area contributed by atoms with Crippen molar-refractivity contribution >= 4 is 17.8 Å². The Kier molecular flexibility index (Phi) is 5.93. The first-order chi connectivity index (χ1) is 8.27. The Bertz CT molecular complexity index is 319. The number of carbonyl (C=O) groups excluding carboxylic acids is 1. The Morgan fingerprint density at radius 1 is 1.18 bits per heavy atom. The third kappa shape index (κ3) is 4.76. The molecule has 0 amide bonds. The maximum Gasteiger partial charge on any atom is 0.292 e. The lowest BCUT2D eigenvalue weighted by atomic mass is 10.1. The van der Waals surface area contributed by atoms with Crippen molar-refractivity contribution in [2.45, 2.75) is 19.3 Å². The van der Waals surface area contributed by atoms with E-state index in [-0.39, 0.29) is 0 Å². The predicted molar refractivity (Wildman–Crippen MR) is 70.0 cm³/mol. The van der Waals surface area contributed by atoms with Crippen molar-refractivity contribution < 1.29 is 9.53 Å². The first-order valence-electron chi connectivity index (χ1n) is 5.85. The molecule has 0 aromatic heterocycles. The molecule has 1 heterocycles. The van der Waals surface area contributed by atoms with Gasteiger partial charge in [0.25, 0.3) is 6.47 Å². The summed E-state index contributed by atoms with van der Waals surface area (Å²) < 4.78 is 3.86. The third-order valence-corrected chi connectivity index (χ3v) is 2.71. The Balaban J connectivity index is 0.000000317. The lowest BCUT2D eigenvalue weighted by Gasteiger charge is -2.28. The summed E-state index contributed by atoms with van der Waals surface area (Å²) in [7, 11) is 1.31. The first-order valence-corrected chi connectivity index (χ1v) is 5.85. The highest BCUT2D eigenvalue weighted by molar-refractivity contribution is 5.53. The fourth-order valence-electron chi connectivity index (χ4n) is 1.84. The number of rotatable bonds is 2. The highest BCUT2D eigenvalue weighted by Crippen LogP contribution is 2.20. The molecular weight excluding hydrogens is 216 g/mol. The van der Waals surface area contributed by atoms with Gasteiger partial charge in [0.1, 0.15) is 0 Å². The SMILES string of the molecule is COC=O.Nc1ccc(N2CCCCC2)cc1. The van der Waals surface area contributed by atoms with Crippen LogP contribution in [0, 0.1) is 0 Å². The van der Waals surface area contributed by atoms with Gasteiger partial charge in [-0.3, -0.25) is 4.79 Å². The molecule has 17 heavy (non-hydrogen) atoms. The molecule has 0 unspecified atom stereocenters. The fourth-order valence-corrected chi connectivity index (χ4v) is 1.84. The Labute approximate surface area is 102 Å². The number of hydrogen-bond acceptors (Lipinski definition) is 4. The van der Waals surface area contributed by atoms with E-state index in [1.807, 2.05) is 12.1 Å². The number of methoxy groups -OCH3 is 1. The number of hydrogen-bond donors (Lipinski definition) is 1. The summed E-state index contributed by atoms with van der Waals surface area (Å²) >= 11 is 0. The van der Waals surface area contributed by atoms with Gasteiger partial charge in [-0.05, 0) is 43.5 Å². The summed E-state index contributed by atoms with van der Waals surface area (Å²) in [4.78, 5) is 11.4. The second kappa shape index (κ2) is 7.54. The van der Waals surface area contributed by atoms with E-state index in [1.165, 1.54) is 45.1 Å². The van der Waals surface area contributed by atoms with Crippen LogP contribution in [0.3, 0.4) is 0 Å². The average molecular weight is 236 g/mol. The molecule has 0 bridgehead atoms. The molecule has 0 saturated carbocycles. The number of carbonyl (C=O) groups is 1. The van der Waals surface area contributed by atoms with Gasteiger partial charge in [0, 0.05) is 24.5 Å². The molecule has 94 valence electrons. The van der Waals surface area contributed by atoms with Gasteiger partial charge in [-0.1, -0.05) is 0 Å². The molecule has 1 aliphatic heterocycles. The molecule has 4 nitrogen and oxygen atoms in total. The van der Waals surface area contributed by atoms with E-state index >= 15 is 0 Å². The van der Waals surface area contributed by atoms with Crippen LogP contribution in [0.1, 0.15) is 19.3 Å². The molecule has 2 rings (SSSR count). The molecule has 0 aliphatic carbocycles. The predicted octanol–water partition coefficient (Wildman–Crippen LogP) is 2.05. The zero-order valence-electron chi connectivity index (χ0n) is 10.3. The molecular formula is C13H20N2O2. The molecule has 4 heteroatoms. The van der Waals surface area contributed by atoms with Crippen molar-refractivity contribution in [3.63, 3.8) is 0 Å². The van der Waals surface area contributed by atoms with Crippen molar-refractivity contribution in [3.8, 4) is 0 Å². The average Bonchev–Trinajstić information content (AvgIpc) is 2.41. The van der Waals surface area contributed by atoms with Crippen molar-refractivity contribution in [3.05, 3.63) is 24.3 Å². The Morgan fingerprint density at radius 2 is 1.71 bits per heavy atom. The van der Waals surface area contributed by atoms with E-state index in [9.17, 15) is 0 Å². The number of piperidine rings is 1. The van der Waals surface area contributed by atoms with Gasteiger partial charge in [-0.25, -0.2) is 0 Å². The summed E-state index contributed by atoms with van der Waals surface area (Å²) in [6.07, 6.45) is 4.03. The van der Waals surface area contributed by atoms with Crippen molar-refractivity contribution in [2.75, 3.05) is 30.8 Å². The number of benzene rings is 1. The van der Waals surface area contributed by atoms with E-state index < -0.39 is 0 Å². The van der Waals surface area contributed by atoms with E-state index in [0.717, 1.165) is 5.69 Å². The van der Waals surface area contributed by atoms with Crippen LogP contribution in [-0.2, 0) is 9.53 Å². The van der Waals surface area contributed by atoms with Gasteiger partial charge in [0.2, 0.25) is 0 Å². The van der Waals surface area contributed by atoms with Gasteiger partial charge < -0.3 is 15.4 Å². The number of nitrogens with zero attached hydrogens (tertiary/aromatic N) is 1. The molecule has 1 aromatic carbocycles. The lowest BCUT2D eigenvalue weighted by molar-refractivity contribution is -0.126. The van der Waals surface area contributed by atoms with Crippen LogP contribution in [0.15, 0.2) is 24.3 Å². The summed E-state index contributed by atoms with van der Waals surface area (Å²) in [5.41, 5.74) is 7.80. The smallest absolute Gasteiger partial charge is 0.292 e. The normalized spacial score (nSPS) is 14.5. The van der Waals surface area contributed by atoms with Crippen LogP contribution in [0.5, 0.6) is 0 Å². The molecule has 0 radical (unpaired) electrons. The molecule has 2 N–H and O–H groups in total. The zero-order valence-corrected chi connectivity index (χ0v) is 10.3.